The van der Waals surface area contributed by atoms with Crippen molar-refractivity contribution in [3.8, 4) is 0 Å². The molecule has 0 bridgehead atoms. The fourth-order valence-electron chi connectivity index (χ4n) is 1.76. The molecule has 4 unspecified atom stereocenters. The van der Waals surface area contributed by atoms with Gasteiger partial charge in [0, 0.05) is 6.42 Å². The maximum atomic E-state index is 11.8. The maximum absolute atomic E-state index is 11.8. The van der Waals surface area contributed by atoms with Crippen molar-refractivity contribution in [1.82, 2.24) is 10.6 Å². The molecular weight excluding hydrogens is 306 g/mol. The van der Waals surface area contributed by atoms with Gasteiger partial charge in [0.2, 0.25) is 5.91 Å². The van der Waals surface area contributed by atoms with Crippen molar-refractivity contribution < 1.29 is 33.9 Å². The number of amides is 1. The van der Waals surface area contributed by atoms with Gasteiger partial charge in [0.1, 0.15) is 18.6 Å². The molecule has 1 rings (SSSR count). The van der Waals surface area contributed by atoms with Crippen LogP contribution in [0.15, 0.2) is 0 Å². The molecule has 0 spiro atoms. The summed E-state index contributed by atoms with van der Waals surface area (Å²) in [6.07, 6.45) is -0.343. The van der Waals surface area contributed by atoms with Crippen molar-refractivity contribution in [2.24, 2.45) is 5.73 Å². The molecule has 1 fully saturated rings. The fraction of sp³-hybridized carbons (Fsp3) is 0.700. The molecule has 0 aromatic rings. The first-order valence-electron chi connectivity index (χ1n) is 6.02. The molecule has 4 atom stereocenters. The first-order valence-corrected chi connectivity index (χ1v) is 7.34. The van der Waals surface area contributed by atoms with Gasteiger partial charge in [0.05, 0.1) is 16.6 Å². The predicted molar refractivity (Wildman–Crippen MR) is 70.4 cm³/mol. The van der Waals surface area contributed by atoms with Crippen LogP contribution in [0.3, 0.4) is 0 Å². The Kier molecular flexibility index (Phi) is 5.78. The fourth-order valence-corrected chi connectivity index (χ4v) is 3.19. The third-order valence-electron chi connectivity index (χ3n) is 2.94. The summed E-state index contributed by atoms with van der Waals surface area (Å²) < 4.78 is 11.8. The molecule has 1 amide bonds. The van der Waals surface area contributed by atoms with Gasteiger partial charge in [-0.1, -0.05) is 0 Å². The number of nitrogens with one attached hydrogen (secondary N) is 2. The highest BCUT2D eigenvalue weighted by Gasteiger charge is 2.46. The van der Waals surface area contributed by atoms with Crippen LogP contribution in [-0.4, -0.2) is 66.8 Å². The van der Waals surface area contributed by atoms with Gasteiger partial charge in [-0.2, -0.15) is 0 Å². The van der Waals surface area contributed by atoms with Crippen LogP contribution in [0.5, 0.6) is 0 Å². The van der Waals surface area contributed by atoms with E-state index >= 15 is 0 Å². The summed E-state index contributed by atoms with van der Waals surface area (Å²) in [5.74, 6) is -3.39. The van der Waals surface area contributed by atoms with E-state index in [0.29, 0.717) is 0 Å². The summed E-state index contributed by atoms with van der Waals surface area (Å²) in [4.78, 5) is 32.6. The lowest BCUT2D eigenvalue weighted by Crippen LogP contribution is -2.51. The van der Waals surface area contributed by atoms with Crippen molar-refractivity contribution in [3.63, 3.8) is 0 Å². The Morgan fingerprint density at radius 3 is 2.57 bits per heavy atom. The minimum atomic E-state index is -1.92. The normalized spacial score (nSPS) is 29.8. The highest BCUT2D eigenvalue weighted by Crippen LogP contribution is 2.23. The van der Waals surface area contributed by atoms with E-state index in [1.807, 2.05) is 0 Å². The van der Waals surface area contributed by atoms with Gasteiger partial charge in [-0.3, -0.25) is 23.9 Å². The van der Waals surface area contributed by atoms with Crippen LogP contribution in [0, 0.1) is 0 Å². The van der Waals surface area contributed by atoms with E-state index in [-0.39, 0.29) is 18.6 Å². The van der Waals surface area contributed by atoms with Crippen LogP contribution in [-0.2, 0) is 25.2 Å². The number of carbonyl (C=O) groups excluding carboxylic acids is 1. The van der Waals surface area contributed by atoms with Crippen LogP contribution in [0.25, 0.3) is 0 Å². The Labute approximate surface area is 122 Å². The van der Waals surface area contributed by atoms with Crippen LogP contribution < -0.4 is 16.4 Å². The number of carboxylic acid groups (broad SMARTS) is 2. The van der Waals surface area contributed by atoms with E-state index in [9.17, 15) is 23.7 Å². The van der Waals surface area contributed by atoms with Crippen molar-refractivity contribution in [3.05, 3.63) is 0 Å². The lowest BCUT2D eigenvalue weighted by molar-refractivity contribution is -0.139. The number of aliphatic hydroxyl groups is 1. The summed E-state index contributed by atoms with van der Waals surface area (Å²) in [5.41, 5.74) is 5.29. The molecule has 0 aromatic heterocycles. The third kappa shape index (κ3) is 4.74. The second-order valence-corrected chi connectivity index (χ2v) is 6.29. The number of carboxylic acids is 2. The highest BCUT2D eigenvalue weighted by atomic mass is 32.2. The average Bonchev–Trinajstić information content (AvgIpc) is 2.69. The monoisotopic (exact) mass is 323 g/mol. The number of hydrogen-bond acceptors (Lipinski definition) is 7. The van der Waals surface area contributed by atoms with Gasteiger partial charge >= 0.3 is 11.9 Å². The average molecular weight is 323 g/mol. The number of nitrogens with two attached hydrogens (primary N) is 1. The molecule has 0 aliphatic carbocycles. The minimum absolute atomic E-state index is 0.131. The lowest BCUT2D eigenvalue weighted by Gasteiger charge is -2.23. The highest BCUT2D eigenvalue weighted by molar-refractivity contribution is 7.86. The summed E-state index contributed by atoms with van der Waals surface area (Å²) in [6, 6.07) is -2.23. The quantitative estimate of drug-likeness (QED) is 0.280. The third-order valence-corrected chi connectivity index (χ3v) is 4.65. The Morgan fingerprint density at radius 2 is 2.05 bits per heavy atom. The molecule has 7 N–H and O–H groups in total. The zero-order valence-corrected chi connectivity index (χ0v) is 11.8. The van der Waals surface area contributed by atoms with Crippen molar-refractivity contribution in [2.75, 3.05) is 12.3 Å². The smallest absolute Gasteiger partial charge is 0.322 e. The summed E-state index contributed by atoms with van der Waals surface area (Å²) in [6.45, 7) is -0.591. The molecule has 1 aliphatic rings. The van der Waals surface area contributed by atoms with Gasteiger partial charge in [-0.05, 0) is 6.42 Å². The van der Waals surface area contributed by atoms with Crippen molar-refractivity contribution in [1.29, 1.82) is 0 Å². The Balaban J connectivity index is 2.58. The van der Waals surface area contributed by atoms with Crippen LogP contribution in [0.1, 0.15) is 12.8 Å². The van der Waals surface area contributed by atoms with Gasteiger partial charge in [0.15, 0.2) is 5.06 Å². The molecule has 1 aliphatic heterocycles. The number of aliphatic carboxylic acids is 2. The molecule has 10 nitrogen and oxygen atoms in total. The predicted octanol–water partition coefficient (Wildman–Crippen LogP) is -3.25. The van der Waals surface area contributed by atoms with E-state index in [2.05, 4.69) is 10.6 Å². The topological polar surface area (TPSA) is 179 Å². The molecular formula is C10H17N3O7S. The Bertz CT molecular complexity index is 472. The second kappa shape index (κ2) is 6.93. The lowest BCUT2D eigenvalue weighted by atomic mass is 10.1. The van der Waals surface area contributed by atoms with Crippen LogP contribution in [0.2, 0.25) is 0 Å². The minimum Gasteiger partial charge on any atom is -0.480 e. The van der Waals surface area contributed by atoms with Gasteiger partial charge in [0.25, 0.3) is 0 Å². The van der Waals surface area contributed by atoms with E-state index in [4.69, 9.17) is 15.9 Å². The number of hydrogen-bond donors (Lipinski definition) is 6. The molecule has 120 valence electrons. The summed E-state index contributed by atoms with van der Waals surface area (Å²) >= 11 is 0. The maximum Gasteiger partial charge on any atom is 0.322 e. The molecule has 0 saturated carbocycles. The number of carbonyl (C=O) groups is 3. The molecule has 0 radical (unpaired) electrons. The van der Waals surface area contributed by atoms with Crippen molar-refractivity contribution >= 4 is 28.6 Å². The Morgan fingerprint density at radius 1 is 1.43 bits per heavy atom. The van der Waals surface area contributed by atoms with Gasteiger partial charge < -0.3 is 26.4 Å². The molecule has 0 aromatic carbocycles. The standard InChI is InChI=1S/C10H17N3O7S/c11-5(9(17)18)1-2-10(19)13-6(4-21(10)20)8(16)12-3-7(14)15/h5-6,13,19H,1-4,11H2,(H,12,16)(H,14,15)(H,17,18). The summed E-state index contributed by atoms with van der Waals surface area (Å²) in [7, 11) is -1.83. The molecule has 11 heteroatoms. The van der Waals surface area contributed by atoms with Gasteiger partial charge in [-0.25, -0.2) is 0 Å². The SMILES string of the molecule is NC(CCC1(O)NC(C(=O)NCC(=O)O)CS1=O)C(=O)O. The van der Waals surface area contributed by atoms with Crippen LogP contribution in [0.4, 0.5) is 0 Å². The van der Waals surface area contributed by atoms with E-state index in [1.54, 1.807) is 0 Å². The van der Waals surface area contributed by atoms with Gasteiger partial charge in [-0.15, -0.1) is 0 Å². The molecule has 21 heavy (non-hydrogen) atoms. The summed E-state index contributed by atoms with van der Waals surface area (Å²) in [5, 5.41) is 29.8. The zero-order chi connectivity index (χ0) is 16.2. The first kappa shape index (κ1) is 17.5. The van der Waals surface area contributed by atoms with Crippen LogP contribution >= 0.6 is 0 Å². The van der Waals surface area contributed by atoms with Crippen molar-refractivity contribution in [2.45, 2.75) is 30.0 Å². The largest absolute Gasteiger partial charge is 0.480 e. The molecule has 1 saturated heterocycles. The zero-order valence-electron chi connectivity index (χ0n) is 10.9. The first-order chi connectivity index (χ1) is 9.65. The van der Waals surface area contributed by atoms with E-state index in [1.165, 1.54) is 0 Å². The second-order valence-electron chi connectivity index (χ2n) is 4.59. The van der Waals surface area contributed by atoms with E-state index < -0.39 is 52.3 Å². The molecule has 1 heterocycles. The Hall–Kier alpha value is -1.56. The van der Waals surface area contributed by atoms with E-state index in [0.717, 1.165) is 0 Å². The number of rotatable bonds is 7.